The monoisotopic (exact) mass is 522 g/mol. The lowest BCUT2D eigenvalue weighted by molar-refractivity contribution is 0.271. The summed E-state index contributed by atoms with van der Waals surface area (Å²) < 4.78 is 27.9. The largest absolute Gasteiger partial charge is 0.204 e. The summed E-state index contributed by atoms with van der Waals surface area (Å²) in [6.45, 7) is 4.42. The predicted octanol–water partition coefficient (Wildman–Crippen LogP) is 9.79. The van der Waals surface area contributed by atoms with E-state index in [9.17, 15) is 8.78 Å². The topological polar surface area (TPSA) is 0 Å². The van der Waals surface area contributed by atoms with E-state index in [0.717, 1.165) is 18.4 Å². The summed E-state index contributed by atoms with van der Waals surface area (Å²) in [4.78, 5) is 0. The zero-order valence-corrected chi connectivity index (χ0v) is 23.4. The Kier molecular flexibility index (Phi) is 8.60. The number of aryl methyl sites for hydroxylation is 4. The van der Waals surface area contributed by atoms with E-state index in [1.165, 1.54) is 66.0 Å². The van der Waals surface area contributed by atoms with Crippen LogP contribution in [0.25, 0.3) is 0 Å². The van der Waals surface area contributed by atoms with Crippen molar-refractivity contribution >= 4 is 0 Å². The lowest BCUT2D eigenvalue weighted by Gasteiger charge is -2.45. The van der Waals surface area contributed by atoms with Crippen molar-refractivity contribution in [3.8, 4) is 0 Å². The molecule has 0 amide bonds. The molecule has 0 heterocycles. The minimum atomic E-state index is -0.775. The smallest absolute Gasteiger partial charge is 0.162 e. The van der Waals surface area contributed by atoms with E-state index in [2.05, 4.69) is 86.6 Å². The van der Waals surface area contributed by atoms with E-state index >= 15 is 0 Å². The average molecular weight is 523 g/mol. The van der Waals surface area contributed by atoms with Crippen LogP contribution in [0.5, 0.6) is 0 Å². The molecule has 4 aromatic rings. The molecule has 0 unspecified atom stereocenters. The van der Waals surface area contributed by atoms with E-state index in [0.29, 0.717) is 24.3 Å². The van der Waals surface area contributed by atoms with Gasteiger partial charge in [0.1, 0.15) is 0 Å². The first-order valence-electron chi connectivity index (χ1n) is 14.8. The van der Waals surface area contributed by atoms with Gasteiger partial charge in [0, 0.05) is 5.41 Å². The summed E-state index contributed by atoms with van der Waals surface area (Å²) >= 11 is 0. The van der Waals surface area contributed by atoms with Gasteiger partial charge in [-0.25, -0.2) is 8.78 Å². The standard InChI is InChI=1S/C37H40F2/c1-3-27-14-21-32(22-15-27)37(31-10-6-5-7-11-31,33-23-16-28(4-2)17-24-33)34-25-18-29(19-26-34)13-20-30-9-8-12-35(38)36(30)39/h8-9,12,14-19,21-26,31H,3-7,10-11,13,20H2,1-2H3. The first-order chi connectivity index (χ1) is 19.1. The molecule has 0 spiro atoms. The Hall–Kier alpha value is -3.26. The third-order valence-corrected chi connectivity index (χ3v) is 8.98. The molecule has 1 aliphatic rings. The van der Waals surface area contributed by atoms with Crippen LogP contribution in [0.4, 0.5) is 8.78 Å². The van der Waals surface area contributed by atoms with Crippen molar-refractivity contribution in [2.24, 2.45) is 5.92 Å². The Labute approximate surface area is 233 Å². The van der Waals surface area contributed by atoms with Crippen LogP contribution in [0.15, 0.2) is 91.0 Å². The summed E-state index contributed by atoms with van der Waals surface area (Å²) in [5.74, 6) is -0.988. The van der Waals surface area contributed by atoms with E-state index in [1.54, 1.807) is 12.1 Å². The van der Waals surface area contributed by atoms with Gasteiger partial charge >= 0.3 is 0 Å². The lowest BCUT2D eigenvalue weighted by atomic mass is 9.58. The number of hydrogen-bond donors (Lipinski definition) is 0. The number of rotatable bonds is 9. The van der Waals surface area contributed by atoms with Gasteiger partial charge in [-0.15, -0.1) is 0 Å². The van der Waals surface area contributed by atoms with Crippen LogP contribution in [0.1, 0.15) is 84.9 Å². The van der Waals surface area contributed by atoms with Gasteiger partial charge in [-0.2, -0.15) is 0 Å². The second kappa shape index (κ2) is 12.3. The predicted molar refractivity (Wildman–Crippen MR) is 158 cm³/mol. The fraction of sp³-hybridized carbons (Fsp3) is 0.351. The van der Waals surface area contributed by atoms with Gasteiger partial charge in [0.25, 0.3) is 0 Å². The molecule has 4 aromatic carbocycles. The van der Waals surface area contributed by atoms with Crippen LogP contribution >= 0.6 is 0 Å². The molecule has 0 radical (unpaired) electrons. The quantitative estimate of drug-likeness (QED) is 0.192. The first-order valence-corrected chi connectivity index (χ1v) is 14.8. The molecular weight excluding hydrogens is 482 g/mol. The maximum absolute atomic E-state index is 14.2. The Balaban J connectivity index is 1.58. The molecule has 5 rings (SSSR count). The zero-order chi connectivity index (χ0) is 27.2. The second-order valence-corrected chi connectivity index (χ2v) is 11.2. The van der Waals surface area contributed by atoms with Gasteiger partial charge in [0.2, 0.25) is 0 Å². The molecule has 0 aliphatic heterocycles. The molecule has 1 aliphatic carbocycles. The average Bonchev–Trinajstić information content (AvgIpc) is 3.00. The third kappa shape index (κ3) is 5.57. The molecule has 1 saturated carbocycles. The molecule has 0 N–H and O–H groups in total. The molecule has 0 nitrogen and oxygen atoms in total. The summed E-state index contributed by atoms with van der Waals surface area (Å²) in [7, 11) is 0. The lowest BCUT2D eigenvalue weighted by Crippen LogP contribution is -2.39. The van der Waals surface area contributed by atoms with Gasteiger partial charge in [-0.3, -0.25) is 0 Å². The normalized spacial score (nSPS) is 14.5. The fourth-order valence-corrected chi connectivity index (χ4v) is 6.70. The minimum Gasteiger partial charge on any atom is -0.204 e. The number of hydrogen-bond acceptors (Lipinski definition) is 0. The van der Waals surface area contributed by atoms with Crippen molar-refractivity contribution in [2.45, 2.75) is 77.0 Å². The minimum absolute atomic E-state index is 0.230. The summed E-state index contributed by atoms with van der Waals surface area (Å²) in [5, 5.41) is 0. The Morgan fingerprint density at radius 1 is 0.590 bits per heavy atom. The van der Waals surface area contributed by atoms with Crippen LogP contribution < -0.4 is 0 Å². The first kappa shape index (κ1) is 27.3. The van der Waals surface area contributed by atoms with Crippen LogP contribution in [-0.4, -0.2) is 0 Å². The van der Waals surface area contributed by atoms with Gasteiger partial charge in [-0.05, 0) is 89.5 Å². The van der Waals surface area contributed by atoms with Gasteiger partial charge < -0.3 is 0 Å². The molecule has 2 heteroatoms. The van der Waals surface area contributed by atoms with Crippen LogP contribution in [0, 0.1) is 17.6 Å². The zero-order valence-electron chi connectivity index (χ0n) is 23.4. The van der Waals surface area contributed by atoms with Crippen molar-refractivity contribution in [1.29, 1.82) is 0 Å². The Morgan fingerprint density at radius 3 is 1.56 bits per heavy atom. The van der Waals surface area contributed by atoms with E-state index in [4.69, 9.17) is 0 Å². The maximum Gasteiger partial charge on any atom is 0.162 e. The SMILES string of the molecule is CCc1ccc(C(c2ccc(CC)cc2)(c2ccc(CCc3cccc(F)c3F)cc2)C2CCCCC2)cc1. The summed E-state index contributed by atoms with van der Waals surface area (Å²) in [6, 6.07) is 32.1. The van der Waals surface area contributed by atoms with Crippen LogP contribution in [-0.2, 0) is 31.1 Å². The highest BCUT2D eigenvalue weighted by Gasteiger charge is 2.43. The van der Waals surface area contributed by atoms with Crippen LogP contribution in [0.3, 0.4) is 0 Å². The van der Waals surface area contributed by atoms with E-state index in [-0.39, 0.29) is 5.41 Å². The number of halogens is 2. The molecule has 1 fully saturated rings. The Bertz CT molecular complexity index is 1300. The highest BCUT2D eigenvalue weighted by atomic mass is 19.2. The molecule has 0 aromatic heterocycles. The molecular formula is C37H40F2. The fourth-order valence-electron chi connectivity index (χ4n) is 6.70. The highest BCUT2D eigenvalue weighted by molar-refractivity contribution is 5.53. The Morgan fingerprint density at radius 2 is 1.08 bits per heavy atom. The van der Waals surface area contributed by atoms with Crippen molar-refractivity contribution in [2.75, 3.05) is 0 Å². The van der Waals surface area contributed by atoms with Gasteiger partial charge in [-0.1, -0.05) is 118 Å². The second-order valence-electron chi connectivity index (χ2n) is 11.2. The van der Waals surface area contributed by atoms with Gasteiger partial charge in [0.15, 0.2) is 11.6 Å². The summed E-state index contributed by atoms with van der Waals surface area (Å²) in [6.07, 6.45) is 9.49. The van der Waals surface area contributed by atoms with Crippen LogP contribution in [0.2, 0.25) is 0 Å². The number of benzene rings is 4. The van der Waals surface area contributed by atoms with Crippen molar-refractivity contribution < 1.29 is 8.78 Å². The molecule has 39 heavy (non-hydrogen) atoms. The van der Waals surface area contributed by atoms with Crippen molar-refractivity contribution in [3.63, 3.8) is 0 Å². The molecule has 202 valence electrons. The third-order valence-electron chi connectivity index (χ3n) is 8.98. The van der Waals surface area contributed by atoms with E-state index in [1.807, 2.05) is 0 Å². The molecule has 0 saturated heterocycles. The maximum atomic E-state index is 14.2. The van der Waals surface area contributed by atoms with Crippen molar-refractivity contribution in [1.82, 2.24) is 0 Å². The van der Waals surface area contributed by atoms with Gasteiger partial charge in [0.05, 0.1) is 0 Å². The highest BCUT2D eigenvalue weighted by Crippen LogP contribution is 2.50. The van der Waals surface area contributed by atoms with E-state index < -0.39 is 11.6 Å². The molecule has 0 atom stereocenters. The van der Waals surface area contributed by atoms with Crippen molar-refractivity contribution in [3.05, 3.63) is 142 Å². The molecule has 0 bridgehead atoms. The summed E-state index contributed by atoms with van der Waals surface area (Å²) in [5.41, 5.74) is 8.12.